The molecule has 2 fully saturated rings. The van der Waals surface area contributed by atoms with Crippen molar-refractivity contribution in [1.29, 1.82) is 0 Å². The van der Waals surface area contributed by atoms with Gasteiger partial charge in [-0.2, -0.15) is 0 Å². The van der Waals surface area contributed by atoms with Gasteiger partial charge in [0.15, 0.2) is 0 Å². The van der Waals surface area contributed by atoms with Gasteiger partial charge in [0, 0.05) is 19.1 Å². The molecule has 2 N–H and O–H groups in total. The van der Waals surface area contributed by atoms with E-state index in [0.717, 1.165) is 31.9 Å². The highest BCUT2D eigenvalue weighted by Gasteiger charge is 2.28. The Bertz CT molecular complexity index is 537. The van der Waals surface area contributed by atoms with E-state index in [-0.39, 0.29) is 36.9 Å². The van der Waals surface area contributed by atoms with Gasteiger partial charge >= 0.3 is 0 Å². The SMILES string of the molecule is CS(=O)(=O)NC1CCCCC1CNC(=O)CN1CCOCC1=O. The summed E-state index contributed by atoms with van der Waals surface area (Å²) in [5.41, 5.74) is 0. The normalized spacial score (nSPS) is 26.1. The molecule has 9 heteroatoms. The molecule has 2 amide bonds. The fourth-order valence-corrected chi connectivity index (χ4v) is 3.93. The summed E-state index contributed by atoms with van der Waals surface area (Å²) in [5.74, 6) is -0.313. The van der Waals surface area contributed by atoms with Crippen molar-refractivity contribution < 1.29 is 22.7 Å². The minimum Gasteiger partial charge on any atom is -0.370 e. The number of nitrogens with zero attached hydrogens (tertiary/aromatic N) is 1. The Morgan fingerprint density at radius 2 is 2.09 bits per heavy atom. The second kappa shape index (κ2) is 8.07. The molecule has 2 atom stereocenters. The maximum Gasteiger partial charge on any atom is 0.249 e. The van der Waals surface area contributed by atoms with Crippen LogP contribution < -0.4 is 10.0 Å². The van der Waals surface area contributed by atoms with E-state index in [1.54, 1.807) is 0 Å². The predicted octanol–water partition coefficient (Wildman–Crippen LogP) is -0.931. The Balaban J connectivity index is 1.80. The highest BCUT2D eigenvalue weighted by atomic mass is 32.2. The summed E-state index contributed by atoms with van der Waals surface area (Å²) < 4.78 is 30.5. The molecule has 0 bridgehead atoms. The molecule has 2 rings (SSSR count). The molecule has 1 aliphatic carbocycles. The van der Waals surface area contributed by atoms with E-state index >= 15 is 0 Å². The largest absolute Gasteiger partial charge is 0.370 e. The monoisotopic (exact) mass is 347 g/mol. The van der Waals surface area contributed by atoms with E-state index in [1.807, 2.05) is 0 Å². The number of morpholine rings is 1. The first kappa shape index (κ1) is 18.2. The molecule has 0 aromatic carbocycles. The quantitative estimate of drug-likeness (QED) is 0.646. The second-order valence-electron chi connectivity index (χ2n) is 6.21. The molecule has 1 heterocycles. The van der Waals surface area contributed by atoms with Gasteiger partial charge in [0.1, 0.15) is 6.61 Å². The molecular weight excluding hydrogens is 322 g/mol. The molecule has 23 heavy (non-hydrogen) atoms. The lowest BCUT2D eigenvalue weighted by Crippen LogP contribution is -2.49. The summed E-state index contributed by atoms with van der Waals surface area (Å²) in [4.78, 5) is 25.1. The highest BCUT2D eigenvalue weighted by molar-refractivity contribution is 7.88. The number of rotatable bonds is 6. The van der Waals surface area contributed by atoms with Gasteiger partial charge in [0.05, 0.1) is 19.4 Å². The Kier molecular flexibility index (Phi) is 6.37. The second-order valence-corrected chi connectivity index (χ2v) is 7.99. The third-order valence-electron chi connectivity index (χ3n) is 4.25. The topological polar surface area (TPSA) is 105 Å². The molecule has 0 aromatic rings. The highest BCUT2D eigenvalue weighted by Crippen LogP contribution is 2.24. The minimum absolute atomic E-state index is 0.0241. The Hall–Kier alpha value is -1.19. The van der Waals surface area contributed by atoms with Crippen molar-refractivity contribution in [3.8, 4) is 0 Å². The first-order valence-electron chi connectivity index (χ1n) is 7.94. The molecule has 132 valence electrons. The summed E-state index contributed by atoms with van der Waals surface area (Å²) in [7, 11) is -3.25. The van der Waals surface area contributed by atoms with E-state index in [0.29, 0.717) is 19.7 Å². The molecule has 0 radical (unpaired) electrons. The van der Waals surface area contributed by atoms with Gasteiger partial charge in [-0.05, 0) is 18.8 Å². The number of ether oxygens (including phenoxy) is 1. The van der Waals surface area contributed by atoms with Crippen molar-refractivity contribution in [1.82, 2.24) is 14.9 Å². The summed E-state index contributed by atoms with van der Waals surface area (Å²) in [6.45, 7) is 1.34. The molecule has 1 aliphatic heterocycles. The average molecular weight is 347 g/mol. The molecule has 8 nitrogen and oxygen atoms in total. The molecule has 2 unspecified atom stereocenters. The molecule has 0 aromatic heterocycles. The molecule has 0 spiro atoms. The van der Waals surface area contributed by atoms with E-state index in [4.69, 9.17) is 4.74 Å². The van der Waals surface area contributed by atoms with Gasteiger partial charge in [-0.15, -0.1) is 0 Å². The molecule has 1 saturated carbocycles. The van der Waals surface area contributed by atoms with Crippen LogP contribution in [0.1, 0.15) is 25.7 Å². The zero-order valence-corrected chi connectivity index (χ0v) is 14.2. The van der Waals surface area contributed by atoms with Crippen LogP contribution in [0, 0.1) is 5.92 Å². The molecule has 2 aliphatic rings. The third-order valence-corrected chi connectivity index (χ3v) is 4.99. The summed E-state index contributed by atoms with van der Waals surface area (Å²) in [6.07, 6.45) is 4.84. The minimum atomic E-state index is -3.25. The van der Waals surface area contributed by atoms with E-state index < -0.39 is 10.0 Å². The van der Waals surface area contributed by atoms with Crippen LogP contribution in [-0.4, -0.2) is 70.3 Å². The average Bonchev–Trinajstić information content (AvgIpc) is 2.47. The Morgan fingerprint density at radius 1 is 1.35 bits per heavy atom. The number of hydrogen-bond acceptors (Lipinski definition) is 5. The van der Waals surface area contributed by atoms with Gasteiger partial charge < -0.3 is 15.0 Å². The number of sulfonamides is 1. The lowest BCUT2D eigenvalue weighted by Gasteiger charge is -2.32. The van der Waals surface area contributed by atoms with Crippen molar-refractivity contribution in [2.45, 2.75) is 31.7 Å². The van der Waals surface area contributed by atoms with Gasteiger partial charge in [-0.25, -0.2) is 13.1 Å². The number of amides is 2. The van der Waals surface area contributed by atoms with Crippen molar-refractivity contribution in [3.05, 3.63) is 0 Å². The number of carbonyl (C=O) groups is 2. The fourth-order valence-electron chi connectivity index (χ4n) is 3.07. The van der Waals surface area contributed by atoms with Crippen LogP contribution in [-0.2, 0) is 24.3 Å². The number of hydrogen-bond donors (Lipinski definition) is 2. The van der Waals surface area contributed by atoms with Crippen LogP contribution in [0.2, 0.25) is 0 Å². The Labute approximate surface area is 137 Å². The lowest BCUT2D eigenvalue weighted by molar-refractivity contribution is -0.145. The van der Waals surface area contributed by atoms with Crippen molar-refractivity contribution in [2.24, 2.45) is 5.92 Å². The van der Waals surface area contributed by atoms with Crippen LogP contribution in [0.3, 0.4) is 0 Å². The molecular formula is C14H25N3O5S. The number of carbonyl (C=O) groups excluding carboxylic acids is 2. The lowest BCUT2D eigenvalue weighted by atomic mass is 9.85. The van der Waals surface area contributed by atoms with Crippen LogP contribution in [0.4, 0.5) is 0 Å². The summed E-state index contributed by atoms with van der Waals surface area (Å²) in [5, 5.41) is 2.83. The van der Waals surface area contributed by atoms with Crippen LogP contribution in [0.5, 0.6) is 0 Å². The van der Waals surface area contributed by atoms with E-state index in [2.05, 4.69) is 10.0 Å². The smallest absolute Gasteiger partial charge is 0.249 e. The van der Waals surface area contributed by atoms with Crippen LogP contribution in [0.15, 0.2) is 0 Å². The summed E-state index contributed by atoms with van der Waals surface area (Å²) >= 11 is 0. The van der Waals surface area contributed by atoms with Gasteiger partial charge in [0.2, 0.25) is 21.8 Å². The Morgan fingerprint density at radius 3 is 2.78 bits per heavy atom. The predicted molar refractivity (Wildman–Crippen MR) is 84.1 cm³/mol. The zero-order chi connectivity index (χ0) is 16.9. The van der Waals surface area contributed by atoms with Crippen LogP contribution >= 0.6 is 0 Å². The van der Waals surface area contributed by atoms with Crippen molar-refractivity contribution in [2.75, 3.05) is 39.1 Å². The van der Waals surface area contributed by atoms with E-state index in [9.17, 15) is 18.0 Å². The van der Waals surface area contributed by atoms with Gasteiger partial charge in [0.25, 0.3) is 0 Å². The fraction of sp³-hybridized carbons (Fsp3) is 0.857. The molecule has 1 saturated heterocycles. The van der Waals surface area contributed by atoms with Crippen LogP contribution in [0.25, 0.3) is 0 Å². The maximum absolute atomic E-state index is 12.0. The maximum atomic E-state index is 12.0. The van der Waals surface area contributed by atoms with Crippen molar-refractivity contribution >= 4 is 21.8 Å². The zero-order valence-electron chi connectivity index (χ0n) is 13.4. The van der Waals surface area contributed by atoms with Gasteiger partial charge in [-0.3, -0.25) is 9.59 Å². The standard InChI is InChI=1S/C14H25N3O5S/c1-23(20,21)16-12-5-3-2-4-11(12)8-15-13(18)9-17-6-7-22-10-14(17)19/h11-12,16H,2-10H2,1H3,(H,15,18). The third kappa shape index (κ3) is 6.08. The first-order chi connectivity index (χ1) is 10.8. The first-order valence-corrected chi connectivity index (χ1v) is 9.84. The van der Waals surface area contributed by atoms with E-state index in [1.165, 1.54) is 4.90 Å². The van der Waals surface area contributed by atoms with Crippen molar-refractivity contribution in [3.63, 3.8) is 0 Å². The van der Waals surface area contributed by atoms with Gasteiger partial charge in [-0.1, -0.05) is 12.8 Å². The number of nitrogens with one attached hydrogen (secondary N) is 2. The summed E-state index contributed by atoms with van der Waals surface area (Å²) in [6, 6.07) is -0.135.